The molecular weight excluding hydrogens is 450 g/mol. The van der Waals surface area contributed by atoms with Crippen LogP contribution in [0.3, 0.4) is 0 Å². The summed E-state index contributed by atoms with van der Waals surface area (Å²) in [5.41, 5.74) is 1.64. The maximum absolute atomic E-state index is 12.4. The number of carbonyl (C=O) groups excluding carboxylic acids is 3. The van der Waals surface area contributed by atoms with E-state index in [4.69, 9.17) is 9.47 Å². The number of nitrogens with zero attached hydrogens (tertiary/aromatic N) is 1. The van der Waals surface area contributed by atoms with E-state index in [2.05, 4.69) is 15.9 Å². The molecule has 2 aromatic rings. The van der Waals surface area contributed by atoms with E-state index in [1.165, 1.54) is 11.0 Å². The predicted octanol–water partition coefficient (Wildman–Crippen LogP) is 4.48. The summed E-state index contributed by atoms with van der Waals surface area (Å²) in [5.74, 6) is -0.335. The quantitative estimate of drug-likeness (QED) is 0.233. The van der Waals surface area contributed by atoms with Crippen molar-refractivity contribution in [1.29, 1.82) is 0 Å². The third kappa shape index (κ3) is 5.36. The lowest BCUT2D eigenvalue weighted by Gasteiger charge is -2.13. The molecule has 1 aliphatic heterocycles. The van der Waals surface area contributed by atoms with Crippen LogP contribution in [0.2, 0.25) is 0 Å². The number of hydrogen-bond acceptors (Lipinski definition) is 5. The topological polar surface area (TPSA) is 72.9 Å². The molecule has 156 valence electrons. The molecule has 2 aromatic carbocycles. The highest BCUT2D eigenvalue weighted by atomic mass is 79.9. The first-order chi connectivity index (χ1) is 14.5. The largest absolute Gasteiger partial charge is 0.494 e. The summed E-state index contributed by atoms with van der Waals surface area (Å²) in [6.07, 6.45) is 4.32. The highest BCUT2D eigenvalue weighted by Gasteiger charge is 2.35. The third-order valence-electron chi connectivity index (χ3n) is 4.47. The molecule has 0 atom stereocenters. The SMILES string of the molecule is CCCOc1ccc(/C=C/C(=O)OCCCN2C(=O)c3ccc(Br)cc3C2=O)cc1. The number of ether oxygens (including phenoxy) is 2. The van der Waals surface area contributed by atoms with Gasteiger partial charge in [0.05, 0.1) is 24.3 Å². The van der Waals surface area contributed by atoms with Crippen molar-refractivity contribution >= 4 is 39.8 Å². The minimum atomic E-state index is -0.479. The molecule has 2 amide bonds. The minimum Gasteiger partial charge on any atom is -0.494 e. The van der Waals surface area contributed by atoms with Crippen LogP contribution in [-0.2, 0) is 9.53 Å². The minimum absolute atomic E-state index is 0.115. The second-order valence-corrected chi connectivity index (χ2v) is 7.64. The van der Waals surface area contributed by atoms with Gasteiger partial charge in [-0.15, -0.1) is 0 Å². The zero-order valence-corrected chi connectivity index (χ0v) is 18.2. The zero-order valence-electron chi connectivity index (χ0n) is 16.6. The molecule has 0 bridgehead atoms. The average Bonchev–Trinajstić information content (AvgIpc) is 2.98. The number of hydrogen-bond donors (Lipinski definition) is 0. The molecule has 30 heavy (non-hydrogen) atoms. The summed E-state index contributed by atoms with van der Waals surface area (Å²) in [6.45, 7) is 3.02. The van der Waals surface area contributed by atoms with Gasteiger partial charge in [-0.2, -0.15) is 0 Å². The zero-order chi connectivity index (χ0) is 21.5. The maximum atomic E-state index is 12.4. The summed E-state index contributed by atoms with van der Waals surface area (Å²) in [4.78, 5) is 37.8. The summed E-state index contributed by atoms with van der Waals surface area (Å²) < 4.78 is 11.4. The van der Waals surface area contributed by atoms with E-state index in [0.717, 1.165) is 22.2 Å². The Morgan fingerprint density at radius 3 is 2.50 bits per heavy atom. The van der Waals surface area contributed by atoms with Crippen LogP contribution in [0.25, 0.3) is 6.08 Å². The summed E-state index contributed by atoms with van der Waals surface area (Å²) in [6, 6.07) is 12.4. The third-order valence-corrected chi connectivity index (χ3v) is 4.96. The summed E-state index contributed by atoms with van der Waals surface area (Å²) in [7, 11) is 0. The molecule has 0 radical (unpaired) electrons. The van der Waals surface area contributed by atoms with Crippen molar-refractivity contribution in [3.63, 3.8) is 0 Å². The molecule has 6 nitrogen and oxygen atoms in total. The Labute approximate surface area is 183 Å². The standard InChI is InChI=1S/C23H22BrNO5/c1-2-13-29-18-8-4-16(5-9-18)6-11-21(26)30-14-3-12-25-22(27)19-10-7-17(24)15-20(19)23(25)28/h4-11,15H,2-3,12-14H2,1H3/b11-6+. The van der Waals surface area contributed by atoms with Gasteiger partial charge < -0.3 is 9.47 Å². The second kappa shape index (κ2) is 10.2. The van der Waals surface area contributed by atoms with Gasteiger partial charge in [-0.3, -0.25) is 14.5 Å². The van der Waals surface area contributed by atoms with Crippen LogP contribution in [0.1, 0.15) is 46.0 Å². The van der Waals surface area contributed by atoms with Gasteiger partial charge in [-0.05, 0) is 54.8 Å². The Hall–Kier alpha value is -2.93. The van der Waals surface area contributed by atoms with Crippen LogP contribution >= 0.6 is 15.9 Å². The van der Waals surface area contributed by atoms with Crippen molar-refractivity contribution < 1.29 is 23.9 Å². The average molecular weight is 472 g/mol. The number of imide groups is 1. The number of carbonyl (C=O) groups is 3. The number of benzene rings is 2. The van der Waals surface area contributed by atoms with Crippen molar-refractivity contribution in [1.82, 2.24) is 4.90 Å². The van der Waals surface area contributed by atoms with Crippen molar-refractivity contribution in [3.8, 4) is 5.75 Å². The Kier molecular flexibility index (Phi) is 7.41. The number of esters is 1. The molecule has 0 saturated heterocycles. The van der Waals surface area contributed by atoms with Gasteiger partial charge in [0.25, 0.3) is 11.8 Å². The van der Waals surface area contributed by atoms with E-state index in [-0.39, 0.29) is 25.0 Å². The molecule has 1 aliphatic rings. The second-order valence-electron chi connectivity index (χ2n) is 6.72. The van der Waals surface area contributed by atoms with Gasteiger partial charge in [-0.1, -0.05) is 35.0 Å². The fourth-order valence-corrected chi connectivity index (χ4v) is 3.33. The summed E-state index contributed by atoms with van der Waals surface area (Å²) in [5, 5.41) is 0. The van der Waals surface area contributed by atoms with E-state index < -0.39 is 5.97 Å². The van der Waals surface area contributed by atoms with Crippen LogP contribution in [0.5, 0.6) is 5.75 Å². The van der Waals surface area contributed by atoms with Gasteiger partial charge in [0.2, 0.25) is 0 Å². The van der Waals surface area contributed by atoms with E-state index in [0.29, 0.717) is 24.2 Å². The van der Waals surface area contributed by atoms with Crippen molar-refractivity contribution in [2.45, 2.75) is 19.8 Å². The van der Waals surface area contributed by atoms with Gasteiger partial charge in [0.1, 0.15) is 5.75 Å². The molecule has 7 heteroatoms. The Balaban J connectivity index is 1.42. The van der Waals surface area contributed by atoms with E-state index in [9.17, 15) is 14.4 Å². The predicted molar refractivity (Wildman–Crippen MR) is 116 cm³/mol. The van der Waals surface area contributed by atoms with Gasteiger partial charge >= 0.3 is 5.97 Å². The van der Waals surface area contributed by atoms with E-state index in [1.54, 1.807) is 24.3 Å². The first-order valence-electron chi connectivity index (χ1n) is 9.73. The van der Waals surface area contributed by atoms with Crippen LogP contribution in [0.15, 0.2) is 53.0 Å². The van der Waals surface area contributed by atoms with Crippen LogP contribution in [0.4, 0.5) is 0 Å². The van der Waals surface area contributed by atoms with E-state index in [1.807, 2.05) is 31.2 Å². The first-order valence-corrected chi connectivity index (χ1v) is 10.5. The highest BCUT2D eigenvalue weighted by Crippen LogP contribution is 2.26. The molecule has 0 spiro atoms. The maximum Gasteiger partial charge on any atom is 0.330 e. The Morgan fingerprint density at radius 1 is 1.03 bits per heavy atom. The molecule has 0 saturated carbocycles. The van der Waals surface area contributed by atoms with Crippen LogP contribution in [-0.4, -0.2) is 42.4 Å². The van der Waals surface area contributed by atoms with Crippen molar-refractivity contribution in [2.75, 3.05) is 19.8 Å². The highest BCUT2D eigenvalue weighted by molar-refractivity contribution is 9.10. The van der Waals surface area contributed by atoms with Gasteiger partial charge in [0.15, 0.2) is 0 Å². The molecule has 0 aromatic heterocycles. The number of amides is 2. The molecule has 0 unspecified atom stereocenters. The molecule has 0 aliphatic carbocycles. The van der Waals surface area contributed by atoms with Gasteiger partial charge in [-0.25, -0.2) is 4.79 Å². The number of rotatable bonds is 9. The fraction of sp³-hybridized carbons (Fsp3) is 0.261. The smallest absolute Gasteiger partial charge is 0.330 e. The van der Waals surface area contributed by atoms with Gasteiger partial charge in [0, 0.05) is 17.1 Å². The molecule has 3 rings (SSSR count). The fourth-order valence-electron chi connectivity index (χ4n) is 2.97. The number of halogens is 1. The van der Waals surface area contributed by atoms with Crippen molar-refractivity contribution in [2.24, 2.45) is 0 Å². The molecular formula is C23H22BrNO5. The Bertz CT molecular complexity index is 968. The monoisotopic (exact) mass is 471 g/mol. The van der Waals surface area contributed by atoms with Crippen LogP contribution < -0.4 is 4.74 Å². The normalized spacial score (nSPS) is 13.1. The van der Waals surface area contributed by atoms with Crippen LogP contribution in [0, 0.1) is 0 Å². The summed E-state index contributed by atoms with van der Waals surface area (Å²) >= 11 is 3.30. The first kappa shape index (κ1) is 21.8. The molecule has 0 N–H and O–H groups in total. The molecule has 0 fully saturated rings. The lowest BCUT2D eigenvalue weighted by Crippen LogP contribution is -2.31. The lowest BCUT2D eigenvalue weighted by molar-refractivity contribution is -0.137. The molecule has 1 heterocycles. The van der Waals surface area contributed by atoms with E-state index >= 15 is 0 Å². The lowest BCUT2D eigenvalue weighted by atomic mass is 10.1. The van der Waals surface area contributed by atoms with Crippen molar-refractivity contribution in [3.05, 3.63) is 69.7 Å². The number of fused-ring (bicyclic) bond motifs is 1. The Morgan fingerprint density at radius 2 is 1.77 bits per heavy atom.